The Kier molecular flexibility index (Phi) is 7.23. The Labute approximate surface area is 210 Å². The number of benzene rings is 2. The van der Waals surface area contributed by atoms with E-state index in [1.54, 1.807) is 9.80 Å². The predicted molar refractivity (Wildman–Crippen MR) is 131 cm³/mol. The topological polar surface area (TPSA) is 81.5 Å². The Balaban J connectivity index is 1.25. The number of hydrogen-bond donors (Lipinski definition) is 0. The van der Waals surface area contributed by atoms with Crippen LogP contribution >= 0.6 is 0 Å². The van der Waals surface area contributed by atoms with Crippen LogP contribution in [-0.4, -0.2) is 47.6 Å². The number of carbonyl (C=O) groups excluding carboxylic acids is 2. The fourth-order valence-corrected chi connectivity index (χ4v) is 4.22. The third-order valence-electron chi connectivity index (χ3n) is 6.26. The van der Waals surface area contributed by atoms with Crippen molar-refractivity contribution in [2.45, 2.75) is 45.5 Å². The van der Waals surface area contributed by atoms with E-state index in [-0.39, 0.29) is 37.8 Å². The van der Waals surface area contributed by atoms with E-state index in [9.17, 15) is 9.59 Å². The molecule has 0 radical (unpaired) electrons. The van der Waals surface area contributed by atoms with Crippen molar-refractivity contribution in [3.8, 4) is 11.5 Å². The van der Waals surface area contributed by atoms with Crippen LogP contribution in [0, 0.1) is 6.92 Å². The molecule has 0 N–H and O–H groups in total. The Hall–Kier alpha value is -3.78. The van der Waals surface area contributed by atoms with Gasteiger partial charge in [-0.15, -0.1) is 0 Å². The summed E-state index contributed by atoms with van der Waals surface area (Å²) in [5, 5.41) is 0. The summed E-state index contributed by atoms with van der Waals surface area (Å²) in [6.07, 6.45) is 1.80. The minimum absolute atomic E-state index is 0.00242. The van der Waals surface area contributed by atoms with Gasteiger partial charge in [0, 0.05) is 12.6 Å². The summed E-state index contributed by atoms with van der Waals surface area (Å²) < 4.78 is 22.3. The van der Waals surface area contributed by atoms with Crippen LogP contribution in [0.3, 0.4) is 0 Å². The molecule has 2 aliphatic rings. The fourth-order valence-electron chi connectivity index (χ4n) is 4.22. The summed E-state index contributed by atoms with van der Waals surface area (Å²) in [5.41, 5.74) is 1.91. The first kappa shape index (κ1) is 23.9. The van der Waals surface area contributed by atoms with Crippen LogP contribution in [0.2, 0.25) is 0 Å². The average molecular weight is 491 g/mol. The van der Waals surface area contributed by atoms with Gasteiger partial charge in [0.05, 0.1) is 13.2 Å². The van der Waals surface area contributed by atoms with Crippen LogP contribution in [0.15, 0.2) is 65.1 Å². The number of carbonyl (C=O) groups is 2. The number of rotatable bonds is 11. The SMILES string of the molecule is Cc1ccc(CN(Cc2ccc3c(c2)OCO3)C(=O)CN(C(=O)COCc2ccccc2)C2CC2)o1. The molecule has 1 saturated carbocycles. The van der Waals surface area contributed by atoms with Gasteiger partial charge in [0.1, 0.15) is 24.7 Å². The standard InChI is InChI=1S/C28H30N2O6/c1-20-7-11-24(36-20)15-29(14-22-8-12-25-26(13-22)35-19-34-25)27(31)16-30(23-9-10-23)28(32)18-33-17-21-5-3-2-4-6-21/h2-8,11-13,23H,9-10,14-19H2,1H3. The molecule has 0 atom stereocenters. The van der Waals surface area contributed by atoms with Crippen LogP contribution in [0.5, 0.6) is 11.5 Å². The molecule has 5 rings (SSSR count). The molecule has 0 saturated heterocycles. The van der Waals surface area contributed by atoms with E-state index in [1.165, 1.54) is 0 Å². The number of furan rings is 1. The molecule has 1 aliphatic carbocycles. The predicted octanol–water partition coefficient (Wildman–Crippen LogP) is 4.05. The second kappa shape index (κ2) is 10.9. The van der Waals surface area contributed by atoms with Crippen LogP contribution < -0.4 is 9.47 Å². The Morgan fingerprint density at radius 3 is 2.47 bits per heavy atom. The lowest BCUT2D eigenvalue weighted by Crippen LogP contribution is -2.44. The van der Waals surface area contributed by atoms with E-state index in [0.717, 1.165) is 29.7 Å². The zero-order valence-corrected chi connectivity index (χ0v) is 20.4. The number of amides is 2. The molecule has 2 heterocycles. The van der Waals surface area contributed by atoms with Crippen molar-refractivity contribution in [2.75, 3.05) is 19.9 Å². The van der Waals surface area contributed by atoms with Gasteiger partial charge in [0.25, 0.3) is 0 Å². The maximum Gasteiger partial charge on any atom is 0.249 e. The lowest BCUT2D eigenvalue weighted by atomic mass is 10.2. The van der Waals surface area contributed by atoms with Crippen molar-refractivity contribution in [2.24, 2.45) is 0 Å². The van der Waals surface area contributed by atoms with E-state index < -0.39 is 0 Å². The monoisotopic (exact) mass is 490 g/mol. The summed E-state index contributed by atoms with van der Waals surface area (Å²) in [7, 11) is 0. The minimum Gasteiger partial charge on any atom is -0.464 e. The molecule has 1 aromatic heterocycles. The average Bonchev–Trinajstić information content (AvgIpc) is 3.47. The molecular formula is C28H30N2O6. The second-order valence-corrected chi connectivity index (χ2v) is 9.18. The van der Waals surface area contributed by atoms with E-state index in [0.29, 0.717) is 37.0 Å². The van der Waals surface area contributed by atoms with E-state index in [4.69, 9.17) is 18.6 Å². The summed E-state index contributed by atoms with van der Waals surface area (Å²) in [4.78, 5) is 29.9. The number of nitrogens with zero attached hydrogens (tertiary/aromatic N) is 2. The fraction of sp³-hybridized carbons (Fsp3) is 0.357. The van der Waals surface area contributed by atoms with Gasteiger partial charge >= 0.3 is 0 Å². The number of fused-ring (bicyclic) bond motifs is 1. The van der Waals surface area contributed by atoms with Crippen molar-refractivity contribution in [3.63, 3.8) is 0 Å². The Bertz CT molecular complexity index is 1200. The molecule has 8 heteroatoms. The molecule has 8 nitrogen and oxygen atoms in total. The van der Waals surface area contributed by atoms with Gasteiger partial charge in [-0.1, -0.05) is 36.4 Å². The van der Waals surface area contributed by atoms with Crippen molar-refractivity contribution in [3.05, 3.63) is 83.3 Å². The highest BCUT2D eigenvalue weighted by molar-refractivity contribution is 5.86. The molecule has 1 aliphatic heterocycles. The van der Waals surface area contributed by atoms with Gasteiger partial charge in [-0.3, -0.25) is 9.59 Å². The van der Waals surface area contributed by atoms with Gasteiger partial charge in [0.15, 0.2) is 11.5 Å². The third-order valence-corrected chi connectivity index (χ3v) is 6.26. The zero-order chi connectivity index (χ0) is 24.9. The normalized spacial score (nSPS) is 14.0. The third kappa shape index (κ3) is 6.07. The quantitative estimate of drug-likeness (QED) is 0.403. The number of hydrogen-bond acceptors (Lipinski definition) is 6. The van der Waals surface area contributed by atoms with E-state index in [2.05, 4.69) is 0 Å². The minimum atomic E-state index is -0.168. The summed E-state index contributed by atoms with van der Waals surface area (Å²) >= 11 is 0. The van der Waals surface area contributed by atoms with Gasteiger partial charge in [-0.05, 0) is 55.2 Å². The first-order valence-electron chi connectivity index (χ1n) is 12.2. The Morgan fingerprint density at radius 2 is 1.72 bits per heavy atom. The zero-order valence-electron chi connectivity index (χ0n) is 20.4. The van der Waals surface area contributed by atoms with Crippen molar-refractivity contribution in [1.29, 1.82) is 0 Å². The first-order chi connectivity index (χ1) is 17.5. The van der Waals surface area contributed by atoms with Crippen LogP contribution in [0.25, 0.3) is 0 Å². The lowest BCUT2D eigenvalue weighted by Gasteiger charge is -2.27. The van der Waals surface area contributed by atoms with Gasteiger partial charge in [0.2, 0.25) is 18.6 Å². The smallest absolute Gasteiger partial charge is 0.249 e. The number of ether oxygens (including phenoxy) is 3. The highest BCUT2D eigenvalue weighted by Crippen LogP contribution is 2.33. The maximum atomic E-state index is 13.5. The van der Waals surface area contributed by atoms with Crippen LogP contribution in [-0.2, 0) is 34.0 Å². The largest absolute Gasteiger partial charge is 0.464 e. The van der Waals surface area contributed by atoms with Gasteiger partial charge < -0.3 is 28.4 Å². The first-order valence-corrected chi connectivity index (χ1v) is 12.2. The highest BCUT2D eigenvalue weighted by atomic mass is 16.7. The van der Waals surface area contributed by atoms with Crippen LogP contribution in [0.4, 0.5) is 0 Å². The molecule has 0 bridgehead atoms. The summed E-state index contributed by atoms with van der Waals surface area (Å²) in [6, 6.07) is 19.2. The highest BCUT2D eigenvalue weighted by Gasteiger charge is 2.35. The second-order valence-electron chi connectivity index (χ2n) is 9.18. The van der Waals surface area contributed by atoms with Crippen LogP contribution in [0.1, 0.15) is 35.5 Å². The molecule has 188 valence electrons. The molecule has 2 aromatic carbocycles. The summed E-state index contributed by atoms with van der Waals surface area (Å²) in [6.45, 7) is 3.02. The number of aryl methyl sites for hydroxylation is 1. The molecule has 1 fully saturated rings. The molecule has 2 amide bonds. The molecule has 3 aromatic rings. The Morgan fingerprint density at radius 1 is 0.917 bits per heavy atom. The maximum absolute atomic E-state index is 13.5. The van der Waals surface area contributed by atoms with E-state index >= 15 is 0 Å². The van der Waals surface area contributed by atoms with E-state index in [1.807, 2.05) is 67.6 Å². The summed E-state index contributed by atoms with van der Waals surface area (Å²) in [5.74, 6) is 2.52. The van der Waals surface area contributed by atoms with Crippen molar-refractivity contribution >= 4 is 11.8 Å². The van der Waals surface area contributed by atoms with Gasteiger partial charge in [-0.25, -0.2) is 0 Å². The van der Waals surface area contributed by atoms with Crippen molar-refractivity contribution < 1.29 is 28.2 Å². The lowest BCUT2D eigenvalue weighted by molar-refractivity contribution is -0.144. The van der Waals surface area contributed by atoms with Crippen molar-refractivity contribution in [1.82, 2.24) is 9.80 Å². The molecule has 36 heavy (non-hydrogen) atoms. The van der Waals surface area contributed by atoms with Gasteiger partial charge in [-0.2, -0.15) is 0 Å². The molecular weight excluding hydrogens is 460 g/mol. The molecule has 0 unspecified atom stereocenters. The molecule has 0 spiro atoms.